The third-order valence-electron chi connectivity index (χ3n) is 1.69. The van der Waals surface area contributed by atoms with Crippen molar-refractivity contribution in [3.63, 3.8) is 0 Å². The minimum absolute atomic E-state index is 0.879. The molecule has 13 heavy (non-hydrogen) atoms. The lowest BCUT2D eigenvalue weighted by Crippen LogP contribution is -1.92. The standard InChI is InChI=1S/C9H8BrN3/c1-7-5-13(6-12-7)9-3-2-8(10)4-11-9/h2-6H,1H3. The monoisotopic (exact) mass is 237 g/mol. The molecule has 0 fully saturated rings. The molecule has 0 atom stereocenters. The van der Waals surface area contributed by atoms with Crippen LogP contribution in [-0.4, -0.2) is 14.5 Å². The quantitative estimate of drug-likeness (QED) is 0.763. The van der Waals surface area contributed by atoms with Gasteiger partial charge in [-0.1, -0.05) is 0 Å². The van der Waals surface area contributed by atoms with Gasteiger partial charge in [0.25, 0.3) is 0 Å². The number of hydrogen-bond acceptors (Lipinski definition) is 2. The molecule has 4 heteroatoms. The van der Waals surface area contributed by atoms with Crippen molar-refractivity contribution in [3.05, 3.63) is 41.0 Å². The molecular weight excluding hydrogens is 230 g/mol. The van der Waals surface area contributed by atoms with Crippen LogP contribution in [0.5, 0.6) is 0 Å². The third-order valence-corrected chi connectivity index (χ3v) is 2.16. The summed E-state index contributed by atoms with van der Waals surface area (Å²) in [6.07, 6.45) is 5.46. The predicted molar refractivity (Wildman–Crippen MR) is 53.8 cm³/mol. The fourth-order valence-electron chi connectivity index (χ4n) is 1.07. The Bertz CT molecular complexity index is 405. The third kappa shape index (κ3) is 1.78. The second kappa shape index (κ2) is 3.30. The Morgan fingerprint density at radius 2 is 2.15 bits per heavy atom. The van der Waals surface area contributed by atoms with Crippen molar-refractivity contribution in [1.82, 2.24) is 14.5 Å². The van der Waals surface area contributed by atoms with Crippen LogP contribution in [0, 0.1) is 6.92 Å². The molecule has 0 aliphatic carbocycles. The highest BCUT2D eigenvalue weighted by atomic mass is 79.9. The normalized spacial score (nSPS) is 10.3. The van der Waals surface area contributed by atoms with Crippen molar-refractivity contribution in [1.29, 1.82) is 0 Å². The molecule has 3 nitrogen and oxygen atoms in total. The average Bonchev–Trinajstić information content (AvgIpc) is 2.53. The molecule has 0 saturated carbocycles. The lowest BCUT2D eigenvalue weighted by atomic mass is 10.4. The van der Waals surface area contributed by atoms with E-state index in [1.807, 2.05) is 29.8 Å². The highest BCUT2D eigenvalue weighted by Gasteiger charge is 1.97. The van der Waals surface area contributed by atoms with Gasteiger partial charge in [-0.2, -0.15) is 0 Å². The zero-order valence-electron chi connectivity index (χ0n) is 7.11. The summed E-state index contributed by atoms with van der Waals surface area (Å²) in [6.45, 7) is 1.95. The van der Waals surface area contributed by atoms with E-state index in [1.165, 1.54) is 0 Å². The van der Waals surface area contributed by atoms with Gasteiger partial charge >= 0.3 is 0 Å². The summed E-state index contributed by atoms with van der Waals surface area (Å²) in [6, 6.07) is 3.89. The minimum atomic E-state index is 0.879. The van der Waals surface area contributed by atoms with Crippen LogP contribution in [0.3, 0.4) is 0 Å². The Balaban J connectivity index is 2.41. The molecule has 0 spiro atoms. The van der Waals surface area contributed by atoms with Gasteiger partial charge in [-0.15, -0.1) is 0 Å². The van der Waals surface area contributed by atoms with Crippen LogP contribution in [0.25, 0.3) is 5.82 Å². The summed E-state index contributed by atoms with van der Waals surface area (Å²) in [5.74, 6) is 0.879. The molecule has 2 aromatic heterocycles. The van der Waals surface area contributed by atoms with Gasteiger partial charge in [0.2, 0.25) is 0 Å². The first kappa shape index (κ1) is 8.44. The number of pyridine rings is 1. The topological polar surface area (TPSA) is 30.7 Å². The van der Waals surface area contributed by atoms with Crippen LogP contribution in [0.15, 0.2) is 35.3 Å². The second-order valence-electron chi connectivity index (χ2n) is 2.76. The molecule has 66 valence electrons. The van der Waals surface area contributed by atoms with Gasteiger partial charge in [0.15, 0.2) is 0 Å². The number of rotatable bonds is 1. The molecule has 2 aromatic rings. The van der Waals surface area contributed by atoms with Gasteiger partial charge in [-0.05, 0) is 35.0 Å². The number of imidazole rings is 1. The van der Waals surface area contributed by atoms with Gasteiger partial charge in [0.05, 0.1) is 5.69 Å². The number of halogens is 1. The van der Waals surface area contributed by atoms with Crippen molar-refractivity contribution in [2.75, 3.05) is 0 Å². The fraction of sp³-hybridized carbons (Fsp3) is 0.111. The molecule has 0 bridgehead atoms. The average molecular weight is 238 g/mol. The summed E-state index contributed by atoms with van der Waals surface area (Å²) in [5.41, 5.74) is 0.990. The van der Waals surface area contributed by atoms with E-state index >= 15 is 0 Å². The molecule has 0 aliphatic rings. The Morgan fingerprint density at radius 3 is 2.69 bits per heavy atom. The van der Waals surface area contributed by atoms with Gasteiger partial charge in [0.1, 0.15) is 12.1 Å². The second-order valence-corrected chi connectivity index (χ2v) is 3.67. The maximum Gasteiger partial charge on any atom is 0.137 e. The molecule has 0 radical (unpaired) electrons. The van der Waals surface area contributed by atoms with E-state index in [-0.39, 0.29) is 0 Å². The summed E-state index contributed by atoms with van der Waals surface area (Å²) < 4.78 is 2.87. The molecule has 0 amide bonds. The molecule has 0 N–H and O–H groups in total. The van der Waals surface area contributed by atoms with E-state index in [0.717, 1.165) is 16.0 Å². The van der Waals surface area contributed by atoms with Crippen LogP contribution in [0.1, 0.15) is 5.69 Å². The number of aromatic nitrogens is 3. The summed E-state index contributed by atoms with van der Waals surface area (Å²) >= 11 is 3.34. The molecule has 2 heterocycles. The van der Waals surface area contributed by atoms with Crippen LogP contribution >= 0.6 is 15.9 Å². The van der Waals surface area contributed by atoms with E-state index in [4.69, 9.17) is 0 Å². The van der Waals surface area contributed by atoms with Crippen molar-refractivity contribution in [2.24, 2.45) is 0 Å². The molecule has 2 rings (SSSR count). The largest absolute Gasteiger partial charge is 0.290 e. The SMILES string of the molecule is Cc1cn(-c2ccc(Br)cn2)cn1. The zero-order valence-corrected chi connectivity index (χ0v) is 8.69. The number of aryl methyl sites for hydroxylation is 1. The summed E-state index contributed by atoms with van der Waals surface area (Å²) in [7, 11) is 0. The molecular formula is C9H8BrN3. The Kier molecular flexibility index (Phi) is 2.14. The van der Waals surface area contributed by atoms with Crippen molar-refractivity contribution >= 4 is 15.9 Å². The Hall–Kier alpha value is -1.16. The molecule has 0 saturated heterocycles. The van der Waals surface area contributed by atoms with Crippen molar-refractivity contribution in [2.45, 2.75) is 6.92 Å². The fourth-order valence-corrected chi connectivity index (χ4v) is 1.30. The molecule has 0 aromatic carbocycles. The Morgan fingerprint density at radius 1 is 1.31 bits per heavy atom. The van der Waals surface area contributed by atoms with Gasteiger partial charge < -0.3 is 0 Å². The van der Waals surface area contributed by atoms with Crippen molar-refractivity contribution in [3.8, 4) is 5.82 Å². The van der Waals surface area contributed by atoms with Gasteiger partial charge in [-0.25, -0.2) is 9.97 Å². The van der Waals surface area contributed by atoms with Crippen molar-refractivity contribution < 1.29 is 0 Å². The summed E-state index contributed by atoms with van der Waals surface area (Å²) in [5, 5.41) is 0. The Labute approximate surface area is 84.6 Å². The molecule has 0 unspecified atom stereocenters. The summed E-state index contributed by atoms with van der Waals surface area (Å²) in [4.78, 5) is 8.36. The van der Waals surface area contributed by atoms with Crippen LogP contribution in [0.4, 0.5) is 0 Å². The van der Waals surface area contributed by atoms with E-state index in [2.05, 4.69) is 25.9 Å². The zero-order chi connectivity index (χ0) is 9.26. The van der Waals surface area contributed by atoms with Crippen LogP contribution in [0.2, 0.25) is 0 Å². The minimum Gasteiger partial charge on any atom is -0.290 e. The molecule has 0 aliphatic heterocycles. The number of nitrogens with zero attached hydrogens (tertiary/aromatic N) is 3. The van der Waals surface area contributed by atoms with Crippen LogP contribution < -0.4 is 0 Å². The smallest absolute Gasteiger partial charge is 0.137 e. The lowest BCUT2D eigenvalue weighted by molar-refractivity contribution is 0.990. The van der Waals surface area contributed by atoms with Gasteiger partial charge in [0, 0.05) is 16.9 Å². The first-order valence-corrected chi connectivity index (χ1v) is 4.67. The first-order valence-electron chi connectivity index (χ1n) is 3.88. The first-order chi connectivity index (χ1) is 6.25. The highest BCUT2D eigenvalue weighted by Crippen LogP contribution is 2.10. The van der Waals surface area contributed by atoms with E-state index in [0.29, 0.717) is 0 Å². The maximum absolute atomic E-state index is 4.24. The van der Waals surface area contributed by atoms with E-state index in [9.17, 15) is 0 Å². The lowest BCUT2D eigenvalue weighted by Gasteiger charge is -1.99. The van der Waals surface area contributed by atoms with Crippen LogP contribution in [-0.2, 0) is 0 Å². The van der Waals surface area contributed by atoms with E-state index < -0.39 is 0 Å². The highest BCUT2D eigenvalue weighted by molar-refractivity contribution is 9.10. The predicted octanol–water partition coefficient (Wildman–Crippen LogP) is 2.34. The van der Waals surface area contributed by atoms with E-state index in [1.54, 1.807) is 12.5 Å². The number of hydrogen-bond donors (Lipinski definition) is 0. The maximum atomic E-state index is 4.24. The van der Waals surface area contributed by atoms with Gasteiger partial charge in [-0.3, -0.25) is 4.57 Å².